The highest BCUT2D eigenvalue weighted by molar-refractivity contribution is 7.07. The van der Waals surface area contributed by atoms with Gasteiger partial charge in [-0.2, -0.15) is 0 Å². The second-order valence-electron chi connectivity index (χ2n) is 2.72. The van der Waals surface area contributed by atoms with Crippen LogP contribution in [0.1, 0.15) is 0 Å². The number of thiazole rings is 1. The molecule has 0 atom stereocenters. The first-order chi connectivity index (χ1) is 6.65. The lowest BCUT2D eigenvalue weighted by Gasteiger charge is -1.97. The molecule has 0 aliphatic heterocycles. The summed E-state index contributed by atoms with van der Waals surface area (Å²) in [6.07, 6.45) is 0. The van der Waals surface area contributed by atoms with Gasteiger partial charge in [0.05, 0.1) is 5.69 Å². The molecule has 0 unspecified atom stereocenters. The predicted molar refractivity (Wildman–Crippen MR) is 50.3 cm³/mol. The maximum atomic E-state index is 12.8. The Kier molecular flexibility index (Phi) is 2.17. The van der Waals surface area contributed by atoms with Crippen molar-refractivity contribution in [3.63, 3.8) is 0 Å². The Morgan fingerprint density at radius 2 is 1.79 bits per heavy atom. The number of benzene rings is 1. The molecule has 5 heteroatoms. The molecule has 0 amide bonds. The van der Waals surface area contributed by atoms with Crippen molar-refractivity contribution in [1.29, 1.82) is 0 Å². The summed E-state index contributed by atoms with van der Waals surface area (Å²) in [6, 6.07) is 3.12. The van der Waals surface area contributed by atoms with E-state index in [9.17, 15) is 13.6 Å². The number of hydrogen-bond acceptors (Lipinski definition) is 2. The van der Waals surface area contributed by atoms with Gasteiger partial charge in [0.25, 0.3) is 0 Å². The zero-order valence-electron chi connectivity index (χ0n) is 6.88. The van der Waals surface area contributed by atoms with E-state index in [0.29, 0.717) is 11.3 Å². The SMILES string of the molecule is O=c1[nH]c(-c2cc(F)cc(F)c2)cs1. The van der Waals surface area contributed by atoms with Crippen LogP contribution in [0.4, 0.5) is 8.78 Å². The summed E-state index contributed by atoms with van der Waals surface area (Å²) in [5.74, 6) is -1.32. The molecule has 0 bridgehead atoms. The fraction of sp³-hybridized carbons (Fsp3) is 0. The monoisotopic (exact) mass is 213 g/mol. The average molecular weight is 213 g/mol. The van der Waals surface area contributed by atoms with Gasteiger partial charge in [-0.3, -0.25) is 4.79 Å². The third-order valence-corrected chi connectivity index (χ3v) is 2.36. The summed E-state index contributed by atoms with van der Waals surface area (Å²) in [7, 11) is 0. The van der Waals surface area contributed by atoms with Crippen LogP contribution in [-0.4, -0.2) is 4.98 Å². The van der Waals surface area contributed by atoms with Gasteiger partial charge in [-0.05, 0) is 12.1 Å². The minimum Gasteiger partial charge on any atom is -0.312 e. The molecular formula is C9H5F2NOS. The lowest BCUT2D eigenvalue weighted by molar-refractivity contribution is 0.584. The fourth-order valence-electron chi connectivity index (χ4n) is 1.13. The first-order valence-electron chi connectivity index (χ1n) is 3.79. The molecule has 1 aromatic heterocycles. The van der Waals surface area contributed by atoms with Crippen LogP contribution in [0.2, 0.25) is 0 Å². The molecule has 1 N–H and O–H groups in total. The fourth-order valence-corrected chi connectivity index (χ4v) is 1.72. The van der Waals surface area contributed by atoms with Gasteiger partial charge in [-0.1, -0.05) is 11.3 Å². The number of aromatic amines is 1. The van der Waals surface area contributed by atoms with Crippen LogP contribution >= 0.6 is 11.3 Å². The molecule has 0 saturated carbocycles. The van der Waals surface area contributed by atoms with Crippen LogP contribution < -0.4 is 4.87 Å². The summed E-state index contributed by atoms with van der Waals surface area (Å²) in [5.41, 5.74) is 0.763. The summed E-state index contributed by atoms with van der Waals surface area (Å²) >= 11 is 0.955. The predicted octanol–water partition coefficient (Wildman–Crippen LogP) is 2.38. The van der Waals surface area contributed by atoms with Crippen molar-refractivity contribution in [3.8, 4) is 11.3 Å². The summed E-state index contributed by atoms with van der Waals surface area (Å²) in [5, 5.41) is 1.52. The third-order valence-electron chi connectivity index (χ3n) is 1.69. The van der Waals surface area contributed by atoms with E-state index < -0.39 is 11.6 Å². The Bertz CT molecular complexity index is 497. The van der Waals surface area contributed by atoms with E-state index in [1.807, 2.05) is 0 Å². The molecule has 2 nitrogen and oxygen atoms in total. The van der Waals surface area contributed by atoms with Crippen LogP contribution in [0.5, 0.6) is 0 Å². The van der Waals surface area contributed by atoms with Gasteiger partial charge < -0.3 is 4.98 Å². The Hall–Kier alpha value is -1.49. The molecule has 0 spiro atoms. The van der Waals surface area contributed by atoms with Gasteiger partial charge in [-0.15, -0.1) is 0 Å². The number of hydrogen-bond donors (Lipinski definition) is 1. The molecule has 72 valence electrons. The van der Waals surface area contributed by atoms with E-state index in [0.717, 1.165) is 17.4 Å². The summed E-state index contributed by atoms with van der Waals surface area (Å²) in [4.78, 5) is 13.0. The van der Waals surface area contributed by atoms with Gasteiger partial charge >= 0.3 is 4.87 Å². The van der Waals surface area contributed by atoms with Crippen molar-refractivity contribution in [3.05, 3.63) is 44.9 Å². The van der Waals surface area contributed by atoms with Crippen LogP contribution in [0, 0.1) is 11.6 Å². The van der Waals surface area contributed by atoms with Gasteiger partial charge in [0.15, 0.2) is 0 Å². The molecule has 1 heterocycles. The van der Waals surface area contributed by atoms with Crippen molar-refractivity contribution in [2.75, 3.05) is 0 Å². The van der Waals surface area contributed by atoms with Crippen molar-refractivity contribution in [1.82, 2.24) is 4.98 Å². The zero-order valence-corrected chi connectivity index (χ0v) is 7.70. The second-order valence-corrected chi connectivity index (χ2v) is 3.56. The Morgan fingerprint density at radius 3 is 2.29 bits per heavy atom. The molecule has 0 saturated heterocycles. The molecule has 0 fully saturated rings. The third kappa shape index (κ3) is 1.72. The van der Waals surface area contributed by atoms with E-state index in [-0.39, 0.29) is 4.87 Å². The summed E-state index contributed by atoms with van der Waals surface area (Å²) in [6.45, 7) is 0. The topological polar surface area (TPSA) is 32.9 Å². The van der Waals surface area contributed by atoms with Crippen LogP contribution in [0.25, 0.3) is 11.3 Å². The Balaban J connectivity index is 2.56. The van der Waals surface area contributed by atoms with E-state index in [1.54, 1.807) is 0 Å². The van der Waals surface area contributed by atoms with Crippen molar-refractivity contribution >= 4 is 11.3 Å². The molecule has 2 aromatic rings. The maximum Gasteiger partial charge on any atom is 0.304 e. The minimum absolute atomic E-state index is 0.246. The molecule has 2 rings (SSSR count). The lowest BCUT2D eigenvalue weighted by atomic mass is 10.2. The normalized spacial score (nSPS) is 10.4. The number of aromatic nitrogens is 1. The molecule has 0 aliphatic rings. The first-order valence-corrected chi connectivity index (χ1v) is 4.67. The Labute approximate surface area is 81.8 Å². The molecular weight excluding hydrogens is 208 g/mol. The van der Waals surface area contributed by atoms with Crippen LogP contribution in [0.15, 0.2) is 28.4 Å². The second kappa shape index (κ2) is 3.34. The number of rotatable bonds is 1. The van der Waals surface area contributed by atoms with Gasteiger partial charge in [0.1, 0.15) is 11.6 Å². The zero-order chi connectivity index (χ0) is 10.1. The molecule has 0 radical (unpaired) electrons. The maximum absolute atomic E-state index is 12.8. The summed E-state index contributed by atoms with van der Waals surface area (Å²) < 4.78 is 25.6. The van der Waals surface area contributed by atoms with E-state index >= 15 is 0 Å². The highest BCUT2D eigenvalue weighted by Gasteiger charge is 2.04. The quantitative estimate of drug-likeness (QED) is 0.775. The minimum atomic E-state index is -0.660. The smallest absolute Gasteiger partial charge is 0.304 e. The van der Waals surface area contributed by atoms with Crippen molar-refractivity contribution in [2.24, 2.45) is 0 Å². The van der Waals surface area contributed by atoms with Gasteiger partial charge in [0, 0.05) is 17.0 Å². The standard InChI is InChI=1S/C9H5F2NOS/c10-6-1-5(2-7(11)3-6)8-4-14-9(13)12-8/h1-4H,(H,12,13). The van der Waals surface area contributed by atoms with E-state index in [2.05, 4.69) is 4.98 Å². The van der Waals surface area contributed by atoms with Crippen LogP contribution in [0.3, 0.4) is 0 Å². The van der Waals surface area contributed by atoms with Crippen LogP contribution in [-0.2, 0) is 0 Å². The van der Waals surface area contributed by atoms with Crippen molar-refractivity contribution in [2.45, 2.75) is 0 Å². The Morgan fingerprint density at radius 1 is 1.14 bits per heavy atom. The van der Waals surface area contributed by atoms with Gasteiger partial charge in [-0.25, -0.2) is 8.78 Å². The van der Waals surface area contributed by atoms with E-state index in [1.165, 1.54) is 17.5 Å². The number of halogens is 2. The highest BCUT2D eigenvalue weighted by atomic mass is 32.1. The highest BCUT2D eigenvalue weighted by Crippen LogP contribution is 2.19. The lowest BCUT2D eigenvalue weighted by Crippen LogP contribution is -1.93. The first kappa shape index (κ1) is 9.08. The van der Waals surface area contributed by atoms with Crippen molar-refractivity contribution < 1.29 is 8.78 Å². The number of H-pyrrole nitrogens is 1. The molecule has 0 aliphatic carbocycles. The average Bonchev–Trinajstić information content (AvgIpc) is 2.50. The molecule has 14 heavy (non-hydrogen) atoms. The molecule has 1 aromatic carbocycles. The largest absolute Gasteiger partial charge is 0.312 e. The number of nitrogens with one attached hydrogen (secondary N) is 1. The van der Waals surface area contributed by atoms with E-state index in [4.69, 9.17) is 0 Å². The van der Waals surface area contributed by atoms with Gasteiger partial charge in [0.2, 0.25) is 0 Å².